The van der Waals surface area contributed by atoms with E-state index < -0.39 is 0 Å². The van der Waals surface area contributed by atoms with Crippen LogP contribution in [0.15, 0.2) is 67.0 Å². The van der Waals surface area contributed by atoms with Crippen LogP contribution in [0.2, 0.25) is 5.02 Å². The van der Waals surface area contributed by atoms with Gasteiger partial charge in [0.15, 0.2) is 0 Å². The number of hydrogen-bond acceptors (Lipinski definition) is 3. The van der Waals surface area contributed by atoms with E-state index >= 15 is 0 Å². The van der Waals surface area contributed by atoms with Crippen molar-refractivity contribution in [1.29, 1.82) is 0 Å². The number of hydrogen-bond donors (Lipinski definition) is 0. The fourth-order valence-corrected chi connectivity index (χ4v) is 3.44. The first-order valence-corrected chi connectivity index (χ1v) is 9.30. The molecule has 0 radical (unpaired) electrons. The molecule has 138 valence electrons. The Morgan fingerprint density at radius 1 is 1.15 bits per heavy atom. The lowest BCUT2D eigenvalue weighted by Crippen LogP contribution is -2.42. The van der Waals surface area contributed by atoms with Crippen LogP contribution in [0.25, 0.3) is 0 Å². The van der Waals surface area contributed by atoms with Crippen molar-refractivity contribution in [3.63, 3.8) is 0 Å². The van der Waals surface area contributed by atoms with Gasteiger partial charge in [0.2, 0.25) is 0 Å². The molecule has 1 unspecified atom stereocenters. The Labute approximate surface area is 163 Å². The van der Waals surface area contributed by atoms with Gasteiger partial charge in [-0.1, -0.05) is 60.1 Å². The van der Waals surface area contributed by atoms with Gasteiger partial charge in [0.05, 0.1) is 31.5 Å². The summed E-state index contributed by atoms with van der Waals surface area (Å²) in [6.45, 7) is 2.18. The predicted molar refractivity (Wildman–Crippen MR) is 104 cm³/mol. The Kier molecular flexibility index (Phi) is 5.23. The number of halogens is 1. The molecule has 1 aliphatic heterocycles. The van der Waals surface area contributed by atoms with Gasteiger partial charge < -0.3 is 9.64 Å². The number of benzene rings is 2. The van der Waals surface area contributed by atoms with Crippen LogP contribution in [-0.2, 0) is 11.3 Å². The smallest absolute Gasteiger partial charge is 0.257 e. The molecule has 4 rings (SSSR count). The van der Waals surface area contributed by atoms with Crippen molar-refractivity contribution in [3.8, 4) is 0 Å². The van der Waals surface area contributed by atoms with Gasteiger partial charge in [-0.15, -0.1) is 0 Å². The van der Waals surface area contributed by atoms with Crippen LogP contribution in [0.5, 0.6) is 0 Å². The number of morpholine rings is 1. The number of carbonyl (C=O) groups excluding carboxylic acids is 1. The number of ether oxygens (including phenoxy) is 1. The molecule has 1 saturated heterocycles. The molecule has 0 bridgehead atoms. The van der Waals surface area contributed by atoms with E-state index in [0.717, 1.165) is 11.1 Å². The molecule has 5 nitrogen and oxygen atoms in total. The van der Waals surface area contributed by atoms with Crippen molar-refractivity contribution >= 4 is 17.5 Å². The molecule has 0 N–H and O–H groups in total. The highest BCUT2D eigenvalue weighted by atomic mass is 35.5. The third-order valence-corrected chi connectivity index (χ3v) is 5.06. The highest BCUT2D eigenvalue weighted by Crippen LogP contribution is 2.23. The Hall–Kier alpha value is -2.63. The Morgan fingerprint density at radius 2 is 1.93 bits per heavy atom. The van der Waals surface area contributed by atoms with Crippen LogP contribution < -0.4 is 0 Å². The van der Waals surface area contributed by atoms with Crippen molar-refractivity contribution in [2.24, 2.45) is 0 Å². The molecule has 2 aromatic carbocycles. The lowest BCUT2D eigenvalue weighted by atomic mass is 10.1. The molecule has 0 aliphatic carbocycles. The zero-order valence-corrected chi connectivity index (χ0v) is 15.5. The van der Waals surface area contributed by atoms with Crippen LogP contribution in [0.4, 0.5) is 0 Å². The van der Waals surface area contributed by atoms with Crippen molar-refractivity contribution < 1.29 is 9.53 Å². The van der Waals surface area contributed by atoms with E-state index in [1.165, 1.54) is 0 Å². The maximum atomic E-state index is 12.9. The predicted octanol–water partition coefficient (Wildman–Crippen LogP) is 3.80. The fourth-order valence-electron chi connectivity index (χ4n) is 3.25. The summed E-state index contributed by atoms with van der Waals surface area (Å²) in [5, 5.41) is 5.02. The maximum absolute atomic E-state index is 12.9. The van der Waals surface area contributed by atoms with Gasteiger partial charge in [-0.3, -0.25) is 9.48 Å². The molecule has 1 fully saturated rings. The summed E-state index contributed by atoms with van der Waals surface area (Å²) >= 11 is 6.21. The fraction of sp³-hybridized carbons (Fsp3) is 0.238. The molecule has 0 saturated carbocycles. The first-order valence-electron chi connectivity index (χ1n) is 8.92. The van der Waals surface area contributed by atoms with Gasteiger partial charge >= 0.3 is 0 Å². The summed E-state index contributed by atoms with van der Waals surface area (Å²) < 4.78 is 7.59. The van der Waals surface area contributed by atoms with Crippen LogP contribution in [0.1, 0.15) is 27.6 Å². The Balaban J connectivity index is 1.45. The number of amides is 1. The molecule has 27 heavy (non-hydrogen) atoms. The minimum absolute atomic E-state index is 0.0235. The molecule has 6 heteroatoms. The quantitative estimate of drug-likeness (QED) is 0.690. The number of aromatic nitrogens is 2. The van der Waals surface area contributed by atoms with Crippen molar-refractivity contribution in [3.05, 3.63) is 88.7 Å². The summed E-state index contributed by atoms with van der Waals surface area (Å²) in [5.74, 6) is -0.0235. The summed E-state index contributed by atoms with van der Waals surface area (Å²) in [6.07, 6.45) is 3.30. The van der Waals surface area contributed by atoms with Gasteiger partial charge in [-0.25, -0.2) is 0 Å². The van der Waals surface area contributed by atoms with Gasteiger partial charge in [0, 0.05) is 17.8 Å². The molecule has 1 atom stereocenters. The van der Waals surface area contributed by atoms with Crippen LogP contribution in [0.3, 0.4) is 0 Å². The van der Waals surface area contributed by atoms with Crippen LogP contribution >= 0.6 is 11.6 Å². The van der Waals surface area contributed by atoms with E-state index in [1.54, 1.807) is 17.1 Å². The van der Waals surface area contributed by atoms with Gasteiger partial charge in [-0.2, -0.15) is 5.10 Å². The number of carbonyl (C=O) groups is 1. The number of nitrogens with zero attached hydrogens (tertiary/aromatic N) is 3. The second kappa shape index (κ2) is 7.94. The zero-order chi connectivity index (χ0) is 18.6. The van der Waals surface area contributed by atoms with E-state index in [2.05, 4.69) is 5.10 Å². The number of rotatable bonds is 4. The molecular formula is C21H20ClN3O2. The standard InChI is InChI=1S/C21H20ClN3O2/c22-19-9-5-4-8-17(19)13-25-14-18(12-23-25)21(26)24-10-11-27-20(15-24)16-6-2-1-3-7-16/h1-9,12,14,20H,10-11,13,15H2. The van der Waals surface area contributed by atoms with E-state index in [1.807, 2.05) is 59.5 Å². The highest BCUT2D eigenvalue weighted by molar-refractivity contribution is 6.31. The monoisotopic (exact) mass is 381 g/mol. The van der Waals surface area contributed by atoms with Crippen molar-refractivity contribution in [1.82, 2.24) is 14.7 Å². The van der Waals surface area contributed by atoms with Gasteiger partial charge in [0.1, 0.15) is 6.10 Å². The normalized spacial score (nSPS) is 17.1. The first-order chi connectivity index (χ1) is 13.2. The molecule has 1 amide bonds. The van der Waals surface area contributed by atoms with Gasteiger partial charge in [-0.05, 0) is 17.2 Å². The lowest BCUT2D eigenvalue weighted by Gasteiger charge is -2.33. The van der Waals surface area contributed by atoms with Crippen molar-refractivity contribution in [2.75, 3.05) is 19.7 Å². The largest absolute Gasteiger partial charge is 0.370 e. The van der Waals surface area contributed by atoms with E-state index in [9.17, 15) is 4.79 Å². The van der Waals surface area contributed by atoms with Crippen LogP contribution in [0, 0.1) is 0 Å². The molecule has 3 aromatic rings. The van der Waals surface area contributed by atoms with Crippen LogP contribution in [-0.4, -0.2) is 40.3 Å². The van der Waals surface area contributed by atoms with E-state index in [4.69, 9.17) is 16.3 Å². The van der Waals surface area contributed by atoms with E-state index in [0.29, 0.717) is 36.8 Å². The molecule has 2 heterocycles. The zero-order valence-electron chi connectivity index (χ0n) is 14.8. The third kappa shape index (κ3) is 4.04. The highest BCUT2D eigenvalue weighted by Gasteiger charge is 2.26. The third-order valence-electron chi connectivity index (χ3n) is 4.70. The average Bonchev–Trinajstić information content (AvgIpc) is 3.18. The molecule has 1 aromatic heterocycles. The lowest BCUT2D eigenvalue weighted by molar-refractivity contribution is -0.0228. The minimum Gasteiger partial charge on any atom is -0.370 e. The summed E-state index contributed by atoms with van der Waals surface area (Å²) in [6, 6.07) is 17.6. The SMILES string of the molecule is O=C(c1cnn(Cc2ccccc2Cl)c1)N1CCOC(c2ccccc2)C1. The Morgan fingerprint density at radius 3 is 2.74 bits per heavy atom. The molecule has 0 spiro atoms. The topological polar surface area (TPSA) is 47.4 Å². The second-order valence-electron chi connectivity index (χ2n) is 6.54. The minimum atomic E-state index is -0.0953. The van der Waals surface area contributed by atoms with Crippen molar-refractivity contribution in [2.45, 2.75) is 12.6 Å². The molecular weight excluding hydrogens is 362 g/mol. The second-order valence-corrected chi connectivity index (χ2v) is 6.95. The Bertz CT molecular complexity index is 926. The van der Waals surface area contributed by atoms with E-state index in [-0.39, 0.29) is 12.0 Å². The summed E-state index contributed by atoms with van der Waals surface area (Å²) in [5.41, 5.74) is 2.64. The molecule has 1 aliphatic rings. The average molecular weight is 382 g/mol. The van der Waals surface area contributed by atoms with Gasteiger partial charge in [0.25, 0.3) is 5.91 Å². The summed E-state index contributed by atoms with van der Waals surface area (Å²) in [4.78, 5) is 14.7. The maximum Gasteiger partial charge on any atom is 0.257 e. The summed E-state index contributed by atoms with van der Waals surface area (Å²) in [7, 11) is 0. The first kappa shape index (κ1) is 17.8.